The molecule has 1 aliphatic carbocycles. The van der Waals surface area contributed by atoms with E-state index >= 15 is 0 Å². The second-order valence-corrected chi connectivity index (χ2v) is 5.67. The molecule has 0 spiro atoms. The summed E-state index contributed by atoms with van der Waals surface area (Å²) < 4.78 is 0. The second-order valence-electron chi connectivity index (χ2n) is 5.67. The molecule has 0 saturated heterocycles. The van der Waals surface area contributed by atoms with Gasteiger partial charge < -0.3 is 5.73 Å². The van der Waals surface area contributed by atoms with E-state index < -0.39 is 0 Å². The molecule has 0 radical (unpaired) electrons. The minimum absolute atomic E-state index is 0.448. The molecule has 3 rings (SSSR count). The van der Waals surface area contributed by atoms with Crippen molar-refractivity contribution in [3.05, 3.63) is 36.0 Å². The van der Waals surface area contributed by atoms with Crippen LogP contribution in [0, 0.1) is 12.8 Å². The first-order valence-corrected chi connectivity index (χ1v) is 7.44. The number of hydrogen-bond donors (Lipinski definition) is 1. The number of benzene rings is 1. The lowest BCUT2D eigenvalue weighted by Gasteiger charge is -2.20. The molecule has 0 atom stereocenters. The number of aromatic nitrogens is 1. The van der Waals surface area contributed by atoms with Crippen molar-refractivity contribution in [2.75, 3.05) is 0 Å². The average Bonchev–Trinajstić information content (AvgIpc) is 2.49. The van der Waals surface area contributed by atoms with Crippen LogP contribution in [-0.2, 0) is 0 Å². The molecule has 1 aromatic carbocycles. The summed E-state index contributed by atoms with van der Waals surface area (Å²) in [4.78, 5) is 9.30. The molecule has 0 aliphatic heterocycles. The van der Waals surface area contributed by atoms with E-state index in [-0.39, 0.29) is 0 Å². The van der Waals surface area contributed by atoms with Gasteiger partial charge in [-0.1, -0.05) is 37.5 Å². The first-order valence-electron chi connectivity index (χ1n) is 7.44. The lowest BCUT2D eigenvalue weighted by molar-refractivity contribution is 0.437. The van der Waals surface area contributed by atoms with Crippen molar-refractivity contribution in [1.82, 2.24) is 4.98 Å². The summed E-state index contributed by atoms with van der Waals surface area (Å²) in [5.74, 6) is 1.23. The quantitative estimate of drug-likeness (QED) is 0.657. The molecule has 1 aromatic heterocycles. The highest BCUT2D eigenvalue weighted by molar-refractivity contribution is 5.94. The van der Waals surface area contributed by atoms with Crippen LogP contribution in [0.3, 0.4) is 0 Å². The fourth-order valence-electron chi connectivity index (χ4n) is 2.95. The SMILES string of the molecule is Cc1ccc2cccc(N=C(N)C3CCCCC3)c2n1. The Morgan fingerprint density at radius 1 is 1.15 bits per heavy atom. The van der Waals surface area contributed by atoms with E-state index in [9.17, 15) is 0 Å². The number of nitrogens with zero attached hydrogens (tertiary/aromatic N) is 2. The van der Waals surface area contributed by atoms with Crippen LogP contribution >= 0.6 is 0 Å². The highest BCUT2D eigenvalue weighted by atomic mass is 14.9. The normalized spacial score (nSPS) is 17.6. The number of hydrogen-bond acceptors (Lipinski definition) is 2. The lowest BCUT2D eigenvalue weighted by atomic mass is 9.88. The minimum Gasteiger partial charge on any atom is -0.387 e. The number of pyridine rings is 1. The zero-order chi connectivity index (χ0) is 13.9. The summed E-state index contributed by atoms with van der Waals surface area (Å²) in [5, 5.41) is 1.12. The zero-order valence-electron chi connectivity index (χ0n) is 12.0. The zero-order valence-corrected chi connectivity index (χ0v) is 12.0. The summed E-state index contributed by atoms with van der Waals surface area (Å²) in [6.45, 7) is 2.00. The highest BCUT2D eigenvalue weighted by Gasteiger charge is 2.17. The Labute approximate surface area is 119 Å². The Kier molecular flexibility index (Phi) is 3.68. The van der Waals surface area contributed by atoms with Gasteiger partial charge in [-0.15, -0.1) is 0 Å². The summed E-state index contributed by atoms with van der Waals surface area (Å²) >= 11 is 0. The van der Waals surface area contributed by atoms with Gasteiger partial charge in [-0.3, -0.25) is 4.98 Å². The van der Waals surface area contributed by atoms with E-state index in [1.54, 1.807) is 0 Å². The van der Waals surface area contributed by atoms with Crippen LogP contribution in [0.4, 0.5) is 5.69 Å². The van der Waals surface area contributed by atoms with Gasteiger partial charge in [0.1, 0.15) is 5.84 Å². The van der Waals surface area contributed by atoms with Crippen LogP contribution in [0.25, 0.3) is 10.9 Å². The maximum absolute atomic E-state index is 6.23. The van der Waals surface area contributed by atoms with Gasteiger partial charge in [0.2, 0.25) is 0 Å². The molecule has 3 heteroatoms. The average molecular weight is 267 g/mol. The van der Waals surface area contributed by atoms with Crippen LogP contribution in [0.2, 0.25) is 0 Å². The van der Waals surface area contributed by atoms with Crippen molar-refractivity contribution in [3.63, 3.8) is 0 Å². The van der Waals surface area contributed by atoms with Gasteiger partial charge >= 0.3 is 0 Å². The monoisotopic (exact) mass is 267 g/mol. The molecule has 1 heterocycles. The molecule has 2 N–H and O–H groups in total. The molecular weight excluding hydrogens is 246 g/mol. The van der Waals surface area contributed by atoms with E-state index in [0.29, 0.717) is 5.92 Å². The number of aryl methyl sites for hydroxylation is 1. The molecule has 0 bridgehead atoms. The van der Waals surface area contributed by atoms with Crippen LogP contribution < -0.4 is 5.73 Å². The summed E-state index contributed by atoms with van der Waals surface area (Å²) in [7, 11) is 0. The Morgan fingerprint density at radius 2 is 1.95 bits per heavy atom. The highest BCUT2D eigenvalue weighted by Crippen LogP contribution is 2.28. The Balaban J connectivity index is 1.98. The van der Waals surface area contributed by atoms with E-state index in [1.165, 1.54) is 32.1 Å². The van der Waals surface area contributed by atoms with E-state index in [0.717, 1.165) is 28.1 Å². The fraction of sp³-hybridized carbons (Fsp3) is 0.412. The van der Waals surface area contributed by atoms with Gasteiger partial charge in [0, 0.05) is 17.0 Å². The molecule has 0 unspecified atom stereocenters. The van der Waals surface area contributed by atoms with Crippen LogP contribution in [0.5, 0.6) is 0 Å². The maximum atomic E-state index is 6.23. The van der Waals surface area contributed by atoms with E-state index in [1.807, 2.05) is 25.1 Å². The van der Waals surface area contributed by atoms with Gasteiger partial charge in [-0.25, -0.2) is 4.99 Å². The minimum atomic E-state index is 0.448. The molecule has 20 heavy (non-hydrogen) atoms. The molecule has 1 saturated carbocycles. The van der Waals surface area contributed by atoms with E-state index in [4.69, 9.17) is 5.73 Å². The lowest BCUT2D eigenvalue weighted by Crippen LogP contribution is -2.25. The third kappa shape index (κ3) is 2.67. The van der Waals surface area contributed by atoms with Gasteiger partial charge in [0.15, 0.2) is 0 Å². The Morgan fingerprint density at radius 3 is 2.75 bits per heavy atom. The van der Waals surface area contributed by atoms with Crippen LogP contribution in [-0.4, -0.2) is 10.8 Å². The number of nitrogens with two attached hydrogens (primary N) is 1. The number of para-hydroxylation sites is 1. The smallest absolute Gasteiger partial charge is 0.103 e. The molecule has 1 aliphatic rings. The Bertz CT molecular complexity index is 640. The Hall–Kier alpha value is -1.90. The predicted octanol–water partition coefficient (Wildman–Crippen LogP) is 4.11. The molecule has 3 nitrogen and oxygen atoms in total. The molecule has 1 fully saturated rings. The van der Waals surface area contributed by atoms with Crippen molar-refractivity contribution in [2.45, 2.75) is 39.0 Å². The molecular formula is C17H21N3. The molecule has 104 valence electrons. The van der Waals surface area contributed by atoms with Crippen molar-refractivity contribution < 1.29 is 0 Å². The van der Waals surface area contributed by atoms with Crippen molar-refractivity contribution in [1.29, 1.82) is 0 Å². The number of rotatable bonds is 2. The van der Waals surface area contributed by atoms with Crippen LogP contribution in [0.15, 0.2) is 35.3 Å². The van der Waals surface area contributed by atoms with Gasteiger partial charge in [-0.05, 0) is 31.9 Å². The van der Waals surface area contributed by atoms with Gasteiger partial charge in [-0.2, -0.15) is 0 Å². The third-order valence-electron chi connectivity index (χ3n) is 4.11. The summed E-state index contributed by atoms with van der Waals surface area (Å²) in [6, 6.07) is 10.2. The third-order valence-corrected chi connectivity index (χ3v) is 4.11. The number of aliphatic imine (C=N–C) groups is 1. The van der Waals surface area contributed by atoms with Gasteiger partial charge in [0.05, 0.1) is 11.2 Å². The summed E-state index contributed by atoms with van der Waals surface area (Å²) in [5.41, 5.74) is 9.09. The number of fused-ring (bicyclic) bond motifs is 1. The first-order chi connectivity index (χ1) is 9.74. The summed E-state index contributed by atoms with van der Waals surface area (Å²) in [6.07, 6.45) is 6.22. The van der Waals surface area contributed by atoms with Crippen LogP contribution in [0.1, 0.15) is 37.8 Å². The standard InChI is InChI=1S/C17H21N3/c1-12-10-11-13-8-5-9-15(16(13)19-12)20-17(18)14-6-3-2-4-7-14/h5,8-11,14H,2-4,6-7H2,1H3,(H2,18,20). The predicted molar refractivity (Wildman–Crippen MR) is 84.3 cm³/mol. The topological polar surface area (TPSA) is 51.3 Å². The van der Waals surface area contributed by atoms with Gasteiger partial charge in [0.25, 0.3) is 0 Å². The largest absolute Gasteiger partial charge is 0.387 e. The first kappa shape index (κ1) is 13.1. The van der Waals surface area contributed by atoms with Crippen molar-refractivity contribution in [3.8, 4) is 0 Å². The second kappa shape index (κ2) is 5.61. The van der Waals surface area contributed by atoms with Crippen molar-refractivity contribution in [2.24, 2.45) is 16.6 Å². The maximum Gasteiger partial charge on any atom is 0.103 e. The van der Waals surface area contributed by atoms with E-state index in [2.05, 4.69) is 22.1 Å². The molecule has 0 amide bonds. The van der Waals surface area contributed by atoms with Crippen molar-refractivity contribution >= 4 is 22.4 Å². The fourth-order valence-corrected chi connectivity index (χ4v) is 2.95. The molecule has 2 aromatic rings. The number of amidine groups is 1.